The number of carbonyl (C=O) groups excluding carboxylic acids is 1. The first kappa shape index (κ1) is 15.9. The summed E-state index contributed by atoms with van der Waals surface area (Å²) < 4.78 is 0. The maximum absolute atomic E-state index is 12.7. The Morgan fingerprint density at radius 1 is 1.36 bits per heavy atom. The summed E-state index contributed by atoms with van der Waals surface area (Å²) >= 11 is 1.80. The van der Waals surface area contributed by atoms with E-state index in [-0.39, 0.29) is 5.41 Å². The highest BCUT2D eigenvalue weighted by Crippen LogP contribution is 2.42. The number of aromatic nitrogens is 1. The average molecular weight is 321 g/mol. The zero-order valence-electron chi connectivity index (χ0n) is 14.2. The van der Waals surface area contributed by atoms with E-state index in [1.807, 2.05) is 0 Å². The second kappa shape index (κ2) is 5.93. The van der Waals surface area contributed by atoms with Crippen molar-refractivity contribution in [3.8, 4) is 0 Å². The van der Waals surface area contributed by atoms with Crippen molar-refractivity contribution in [3.05, 3.63) is 15.6 Å². The van der Waals surface area contributed by atoms with E-state index in [0.717, 1.165) is 56.1 Å². The zero-order chi connectivity index (χ0) is 15.9. The zero-order valence-corrected chi connectivity index (χ0v) is 15.0. The quantitative estimate of drug-likeness (QED) is 0.800. The summed E-state index contributed by atoms with van der Waals surface area (Å²) in [5.74, 6) is 0.392. The van der Waals surface area contributed by atoms with Crippen molar-refractivity contribution < 1.29 is 4.79 Å². The molecule has 2 fully saturated rings. The number of rotatable bonds is 4. The molecule has 2 aliphatic rings. The number of piperidine rings is 1. The summed E-state index contributed by atoms with van der Waals surface area (Å²) in [6, 6.07) is 0.389. The maximum atomic E-state index is 12.7. The van der Waals surface area contributed by atoms with Crippen LogP contribution >= 0.6 is 11.3 Å². The third kappa shape index (κ3) is 2.69. The van der Waals surface area contributed by atoms with Crippen LogP contribution in [-0.4, -0.2) is 46.4 Å². The van der Waals surface area contributed by atoms with Gasteiger partial charge in [0, 0.05) is 30.6 Å². The summed E-state index contributed by atoms with van der Waals surface area (Å²) in [5, 5.41) is 1.14. The lowest BCUT2D eigenvalue weighted by Gasteiger charge is -2.55. The maximum Gasteiger partial charge on any atom is 0.232 e. The molecule has 0 aromatic carbocycles. The third-order valence-electron chi connectivity index (χ3n) is 5.33. The van der Waals surface area contributed by atoms with Gasteiger partial charge in [0.15, 0.2) is 0 Å². The van der Waals surface area contributed by atoms with E-state index >= 15 is 0 Å². The van der Waals surface area contributed by atoms with Gasteiger partial charge in [0.2, 0.25) is 5.91 Å². The molecule has 1 spiro atoms. The number of hydrogen-bond acceptors (Lipinski definition) is 4. The minimum atomic E-state index is -0.0880. The molecular weight excluding hydrogens is 294 g/mol. The van der Waals surface area contributed by atoms with Crippen LogP contribution in [0.15, 0.2) is 0 Å². The molecule has 3 rings (SSSR count). The van der Waals surface area contributed by atoms with Gasteiger partial charge in [0.05, 0.1) is 16.1 Å². The van der Waals surface area contributed by atoms with E-state index in [2.05, 4.69) is 42.5 Å². The molecule has 5 heteroatoms. The lowest BCUT2D eigenvalue weighted by atomic mass is 9.71. The predicted octanol–water partition coefficient (Wildman–Crippen LogP) is 2.98. The molecular formula is C17H27N3OS. The Balaban J connectivity index is 1.65. The third-order valence-corrected chi connectivity index (χ3v) is 6.39. The number of aryl methyl sites for hydroxylation is 2. The summed E-state index contributed by atoms with van der Waals surface area (Å²) in [6.07, 6.45) is 3.25. The van der Waals surface area contributed by atoms with Gasteiger partial charge in [-0.3, -0.25) is 9.69 Å². The van der Waals surface area contributed by atoms with Crippen LogP contribution in [-0.2, 0) is 11.3 Å². The van der Waals surface area contributed by atoms with E-state index in [4.69, 9.17) is 0 Å². The van der Waals surface area contributed by atoms with Crippen LogP contribution in [0, 0.1) is 19.3 Å². The van der Waals surface area contributed by atoms with Crippen molar-refractivity contribution in [2.24, 2.45) is 5.41 Å². The Morgan fingerprint density at radius 3 is 2.73 bits per heavy atom. The predicted molar refractivity (Wildman–Crippen MR) is 90.0 cm³/mol. The minimum Gasteiger partial charge on any atom is -0.338 e. The van der Waals surface area contributed by atoms with Crippen LogP contribution in [0.5, 0.6) is 0 Å². The summed E-state index contributed by atoms with van der Waals surface area (Å²) in [6.45, 7) is 12.4. The van der Waals surface area contributed by atoms with Gasteiger partial charge < -0.3 is 4.90 Å². The lowest BCUT2D eigenvalue weighted by Crippen LogP contribution is -2.68. The molecule has 0 N–H and O–H groups in total. The van der Waals surface area contributed by atoms with Crippen molar-refractivity contribution in [1.82, 2.24) is 14.8 Å². The van der Waals surface area contributed by atoms with Crippen LogP contribution in [0.3, 0.4) is 0 Å². The molecule has 4 nitrogen and oxygen atoms in total. The molecule has 1 aromatic rings. The van der Waals surface area contributed by atoms with Gasteiger partial charge in [-0.25, -0.2) is 4.98 Å². The van der Waals surface area contributed by atoms with Crippen molar-refractivity contribution in [3.63, 3.8) is 0 Å². The highest BCUT2D eigenvalue weighted by molar-refractivity contribution is 7.11. The molecule has 22 heavy (non-hydrogen) atoms. The normalized spacial score (nSPS) is 27.3. The number of thiazole rings is 1. The molecule has 2 aliphatic heterocycles. The van der Waals surface area contributed by atoms with E-state index in [9.17, 15) is 4.79 Å². The summed E-state index contributed by atoms with van der Waals surface area (Å²) in [7, 11) is 0. The largest absolute Gasteiger partial charge is 0.338 e. The van der Waals surface area contributed by atoms with Crippen LogP contribution in [0.25, 0.3) is 0 Å². The van der Waals surface area contributed by atoms with Crippen LogP contribution in [0.4, 0.5) is 0 Å². The molecule has 3 heterocycles. The Kier molecular flexibility index (Phi) is 4.29. The minimum absolute atomic E-state index is 0.0880. The van der Waals surface area contributed by atoms with Gasteiger partial charge in [-0.05, 0) is 46.6 Å². The first-order valence-corrected chi connectivity index (χ1v) is 9.23. The lowest BCUT2D eigenvalue weighted by molar-refractivity contribution is -0.170. The van der Waals surface area contributed by atoms with Crippen LogP contribution in [0.1, 0.15) is 48.7 Å². The Hall–Kier alpha value is -0.940. The van der Waals surface area contributed by atoms with Gasteiger partial charge in [-0.1, -0.05) is 6.92 Å². The molecule has 2 unspecified atom stereocenters. The molecule has 2 saturated heterocycles. The van der Waals surface area contributed by atoms with Crippen molar-refractivity contribution >= 4 is 17.2 Å². The Labute approximate surface area is 137 Å². The number of nitrogens with zero attached hydrogens (tertiary/aromatic N) is 3. The Bertz CT molecular complexity index is 570. The van der Waals surface area contributed by atoms with Gasteiger partial charge in [-0.2, -0.15) is 0 Å². The number of β-lactam (4-membered cyclic amide) rings is 1. The SMILES string of the molecule is CCC(C)N1CC2(CCCN(Cc3sc(C)nc3C)C2)C1=O. The monoisotopic (exact) mass is 321 g/mol. The average Bonchev–Trinajstić information content (AvgIpc) is 2.82. The smallest absolute Gasteiger partial charge is 0.232 e. The first-order valence-electron chi connectivity index (χ1n) is 8.41. The fourth-order valence-corrected chi connectivity index (χ4v) is 4.82. The van der Waals surface area contributed by atoms with Gasteiger partial charge in [-0.15, -0.1) is 11.3 Å². The van der Waals surface area contributed by atoms with E-state index < -0.39 is 0 Å². The van der Waals surface area contributed by atoms with E-state index in [0.29, 0.717) is 11.9 Å². The molecule has 0 saturated carbocycles. The molecule has 0 bridgehead atoms. The fourth-order valence-electron chi connectivity index (χ4n) is 3.84. The van der Waals surface area contributed by atoms with Crippen LogP contribution in [0.2, 0.25) is 0 Å². The molecule has 122 valence electrons. The van der Waals surface area contributed by atoms with Crippen LogP contribution < -0.4 is 0 Å². The van der Waals surface area contributed by atoms with Crippen molar-refractivity contribution in [2.45, 2.75) is 59.5 Å². The van der Waals surface area contributed by atoms with Gasteiger partial charge in [0.25, 0.3) is 0 Å². The second-order valence-corrected chi connectivity index (χ2v) is 8.31. The highest BCUT2D eigenvalue weighted by atomic mass is 32.1. The number of hydrogen-bond donors (Lipinski definition) is 0. The molecule has 1 amide bonds. The fraction of sp³-hybridized carbons (Fsp3) is 0.765. The van der Waals surface area contributed by atoms with Crippen molar-refractivity contribution in [1.29, 1.82) is 0 Å². The van der Waals surface area contributed by atoms with Gasteiger partial charge in [0.1, 0.15) is 0 Å². The number of amides is 1. The molecule has 0 radical (unpaired) electrons. The van der Waals surface area contributed by atoms with Crippen molar-refractivity contribution in [2.75, 3.05) is 19.6 Å². The molecule has 2 atom stereocenters. The van der Waals surface area contributed by atoms with E-state index in [1.165, 1.54) is 4.88 Å². The molecule has 1 aromatic heterocycles. The Morgan fingerprint density at radius 2 is 2.14 bits per heavy atom. The number of carbonyl (C=O) groups is 1. The summed E-state index contributed by atoms with van der Waals surface area (Å²) in [4.78, 5) is 23.1. The summed E-state index contributed by atoms with van der Waals surface area (Å²) in [5.41, 5.74) is 1.07. The first-order chi connectivity index (χ1) is 10.4. The highest BCUT2D eigenvalue weighted by Gasteiger charge is 2.54. The van der Waals surface area contributed by atoms with Gasteiger partial charge >= 0.3 is 0 Å². The van der Waals surface area contributed by atoms with E-state index in [1.54, 1.807) is 11.3 Å². The topological polar surface area (TPSA) is 36.4 Å². The molecule has 0 aliphatic carbocycles. The standard InChI is InChI=1S/C17H27N3OS/c1-5-12(2)20-11-17(16(20)21)7-6-8-19(10-17)9-15-13(3)18-14(4)22-15/h12H,5-11H2,1-4H3. The second-order valence-electron chi connectivity index (χ2n) is 7.03. The number of likely N-dealkylation sites (tertiary alicyclic amines) is 2.